The molecule has 1 saturated heterocycles. The van der Waals surface area contributed by atoms with Crippen molar-refractivity contribution in [3.05, 3.63) is 67.7 Å². The highest BCUT2D eigenvalue weighted by atomic mass is 79.9. The van der Waals surface area contributed by atoms with Crippen molar-refractivity contribution in [2.75, 3.05) is 4.90 Å². The number of carbonyl (C=O) groups is 3. The van der Waals surface area contributed by atoms with Crippen molar-refractivity contribution >= 4 is 51.2 Å². The van der Waals surface area contributed by atoms with Crippen molar-refractivity contribution in [3.8, 4) is 5.75 Å². The van der Waals surface area contributed by atoms with Crippen LogP contribution in [0.2, 0.25) is 0 Å². The average Bonchev–Trinajstić information content (AvgIpc) is 2.61. The lowest BCUT2D eigenvalue weighted by Gasteiger charge is -2.26. The van der Waals surface area contributed by atoms with E-state index in [0.717, 1.165) is 22.6 Å². The van der Waals surface area contributed by atoms with E-state index in [1.165, 1.54) is 6.07 Å². The second-order valence-corrected chi connectivity index (χ2v) is 6.78. The van der Waals surface area contributed by atoms with E-state index < -0.39 is 34.2 Å². The molecule has 4 amide bonds. The van der Waals surface area contributed by atoms with Crippen molar-refractivity contribution in [2.24, 2.45) is 0 Å². The topological polar surface area (TPSA) is 130 Å². The molecule has 0 bridgehead atoms. The molecule has 1 fully saturated rings. The number of benzene rings is 2. The summed E-state index contributed by atoms with van der Waals surface area (Å²) in [5.74, 6) is -2.37. The molecule has 9 nitrogen and oxygen atoms in total. The molecule has 3 rings (SSSR count). The van der Waals surface area contributed by atoms with E-state index in [0.29, 0.717) is 0 Å². The summed E-state index contributed by atoms with van der Waals surface area (Å²) in [4.78, 5) is 48.3. The minimum atomic E-state index is -0.925. The van der Waals surface area contributed by atoms with Crippen molar-refractivity contribution in [1.82, 2.24) is 5.32 Å². The summed E-state index contributed by atoms with van der Waals surface area (Å²) in [6.45, 7) is 1.78. The van der Waals surface area contributed by atoms with Crippen LogP contribution in [0.15, 0.2) is 46.4 Å². The first-order chi connectivity index (χ1) is 13.2. The predicted octanol–water partition coefficient (Wildman–Crippen LogP) is 3.04. The molecule has 0 spiro atoms. The molecule has 1 heterocycles. The van der Waals surface area contributed by atoms with Gasteiger partial charge in [-0.05, 0) is 58.3 Å². The van der Waals surface area contributed by atoms with Crippen LogP contribution in [0.4, 0.5) is 16.2 Å². The standard InChI is InChI=1S/C18H12BrN3O6/c1-9-3-2-4-11(5-9)21-17(25)12(16(24)20-18(21)26)6-10-7-13(19)15(23)14(8-10)22(27)28/h2-8,23H,1H3,(H,20,24,26). The van der Waals surface area contributed by atoms with E-state index in [4.69, 9.17) is 0 Å². The number of hydrogen-bond acceptors (Lipinski definition) is 6. The number of aromatic hydroxyl groups is 1. The van der Waals surface area contributed by atoms with Crippen LogP contribution in [0, 0.1) is 17.0 Å². The first-order valence-electron chi connectivity index (χ1n) is 7.84. The summed E-state index contributed by atoms with van der Waals surface area (Å²) in [6.07, 6.45) is 1.12. The Morgan fingerprint density at radius 1 is 1.21 bits per heavy atom. The van der Waals surface area contributed by atoms with E-state index in [-0.39, 0.29) is 21.3 Å². The van der Waals surface area contributed by atoms with Gasteiger partial charge in [-0.1, -0.05) is 12.1 Å². The smallest absolute Gasteiger partial charge is 0.335 e. The number of urea groups is 1. The summed E-state index contributed by atoms with van der Waals surface area (Å²) in [5.41, 5.74) is 0.218. The van der Waals surface area contributed by atoms with Gasteiger partial charge in [0.05, 0.1) is 15.1 Å². The lowest BCUT2D eigenvalue weighted by molar-refractivity contribution is -0.386. The summed E-state index contributed by atoms with van der Waals surface area (Å²) in [7, 11) is 0. The zero-order valence-corrected chi connectivity index (χ0v) is 15.9. The fourth-order valence-electron chi connectivity index (χ4n) is 2.65. The van der Waals surface area contributed by atoms with Gasteiger partial charge < -0.3 is 5.11 Å². The summed E-state index contributed by atoms with van der Waals surface area (Å²) < 4.78 is 0.0174. The number of hydrogen-bond donors (Lipinski definition) is 2. The fraction of sp³-hybridized carbons (Fsp3) is 0.0556. The molecule has 2 aromatic carbocycles. The highest BCUT2D eigenvalue weighted by Crippen LogP contribution is 2.36. The largest absolute Gasteiger partial charge is 0.501 e. The molecule has 28 heavy (non-hydrogen) atoms. The lowest BCUT2D eigenvalue weighted by atomic mass is 10.1. The maximum absolute atomic E-state index is 12.8. The van der Waals surface area contributed by atoms with Crippen LogP contribution in [0.3, 0.4) is 0 Å². The molecule has 1 aliphatic heterocycles. The molecule has 0 saturated carbocycles. The van der Waals surface area contributed by atoms with Crippen LogP contribution in [0.25, 0.3) is 6.08 Å². The molecule has 0 unspecified atom stereocenters. The van der Waals surface area contributed by atoms with Gasteiger partial charge >= 0.3 is 11.7 Å². The van der Waals surface area contributed by atoms with Gasteiger partial charge in [0.15, 0.2) is 0 Å². The minimum absolute atomic E-state index is 0.0174. The number of nitrogens with zero attached hydrogens (tertiary/aromatic N) is 2. The number of aryl methyl sites for hydroxylation is 1. The SMILES string of the molecule is Cc1cccc(N2C(=O)NC(=O)C(=Cc3cc(Br)c(O)c([N+](=O)[O-])c3)C2=O)c1. The van der Waals surface area contributed by atoms with Gasteiger partial charge in [0.2, 0.25) is 5.75 Å². The van der Waals surface area contributed by atoms with Gasteiger partial charge in [-0.25, -0.2) is 9.69 Å². The molecular weight excluding hydrogens is 434 g/mol. The van der Waals surface area contributed by atoms with Gasteiger partial charge in [0, 0.05) is 6.07 Å². The number of nitrogens with one attached hydrogen (secondary N) is 1. The number of nitro groups is 1. The molecule has 0 aromatic heterocycles. The number of amides is 4. The Kier molecular flexibility index (Phi) is 4.97. The summed E-state index contributed by atoms with van der Waals surface area (Å²) in [5, 5.41) is 22.9. The summed E-state index contributed by atoms with van der Waals surface area (Å²) >= 11 is 2.99. The zero-order valence-electron chi connectivity index (χ0n) is 14.3. The molecule has 0 radical (unpaired) electrons. The first kappa shape index (κ1) is 19.2. The molecule has 2 N–H and O–H groups in total. The van der Waals surface area contributed by atoms with Crippen LogP contribution < -0.4 is 10.2 Å². The first-order valence-corrected chi connectivity index (χ1v) is 8.63. The van der Waals surface area contributed by atoms with Crippen LogP contribution in [-0.2, 0) is 9.59 Å². The monoisotopic (exact) mass is 445 g/mol. The van der Waals surface area contributed by atoms with Gasteiger partial charge in [0.25, 0.3) is 11.8 Å². The Balaban J connectivity index is 2.08. The van der Waals surface area contributed by atoms with Crippen LogP contribution >= 0.6 is 15.9 Å². The number of phenolic OH excluding ortho intramolecular Hbond substituents is 1. The van der Waals surface area contributed by atoms with Crippen LogP contribution in [0.5, 0.6) is 5.75 Å². The van der Waals surface area contributed by atoms with Crippen molar-refractivity contribution < 1.29 is 24.4 Å². The lowest BCUT2D eigenvalue weighted by Crippen LogP contribution is -2.54. The van der Waals surface area contributed by atoms with E-state index in [2.05, 4.69) is 21.2 Å². The Labute approximate surface area is 166 Å². The van der Waals surface area contributed by atoms with Crippen LogP contribution in [-0.4, -0.2) is 27.9 Å². The number of phenols is 1. The van der Waals surface area contributed by atoms with Gasteiger partial charge in [-0.15, -0.1) is 0 Å². The molecule has 10 heteroatoms. The van der Waals surface area contributed by atoms with Crippen LogP contribution in [0.1, 0.15) is 11.1 Å². The molecule has 142 valence electrons. The third-order valence-corrected chi connectivity index (χ3v) is 4.54. The Morgan fingerprint density at radius 2 is 1.93 bits per heavy atom. The number of nitro benzene ring substituents is 1. The maximum Gasteiger partial charge on any atom is 0.335 e. The highest BCUT2D eigenvalue weighted by Gasteiger charge is 2.37. The number of anilines is 1. The molecular formula is C18H12BrN3O6. The quantitative estimate of drug-likeness (QED) is 0.323. The van der Waals surface area contributed by atoms with E-state index in [1.807, 2.05) is 0 Å². The number of barbiturate groups is 1. The molecule has 0 atom stereocenters. The van der Waals surface area contributed by atoms with Gasteiger partial charge in [-0.3, -0.25) is 25.0 Å². The van der Waals surface area contributed by atoms with E-state index in [1.54, 1.807) is 31.2 Å². The predicted molar refractivity (Wildman–Crippen MR) is 103 cm³/mol. The highest BCUT2D eigenvalue weighted by molar-refractivity contribution is 9.10. The Bertz CT molecular complexity index is 1080. The molecule has 1 aliphatic rings. The zero-order chi connectivity index (χ0) is 20.6. The van der Waals surface area contributed by atoms with Crippen molar-refractivity contribution in [3.63, 3.8) is 0 Å². The number of imide groups is 2. The third-order valence-electron chi connectivity index (χ3n) is 3.93. The Morgan fingerprint density at radius 3 is 2.57 bits per heavy atom. The maximum atomic E-state index is 12.8. The summed E-state index contributed by atoms with van der Waals surface area (Å²) in [6, 6.07) is 8.02. The number of carbonyl (C=O) groups excluding carboxylic acids is 3. The normalized spacial score (nSPS) is 15.7. The number of rotatable bonds is 3. The second kappa shape index (κ2) is 7.24. The third kappa shape index (κ3) is 3.49. The van der Waals surface area contributed by atoms with Gasteiger partial charge in [0.1, 0.15) is 5.57 Å². The van der Waals surface area contributed by atoms with Gasteiger partial charge in [-0.2, -0.15) is 0 Å². The Hall–Kier alpha value is -3.53. The molecule has 2 aromatic rings. The van der Waals surface area contributed by atoms with Crippen molar-refractivity contribution in [1.29, 1.82) is 0 Å². The second-order valence-electron chi connectivity index (χ2n) is 5.92. The fourth-order valence-corrected chi connectivity index (χ4v) is 3.12. The molecule has 0 aliphatic carbocycles. The van der Waals surface area contributed by atoms with Crippen molar-refractivity contribution in [2.45, 2.75) is 6.92 Å². The number of halogens is 1. The van der Waals surface area contributed by atoms with E-state index >= 15 is 0 Å². The average molecular weight is 446 g/mol. The minimum Gasteiger partial charge on any atom is -0.501 e. The van der Waals surface area contributed by atoms with E-state index in [9.17, 15) is 29.6 Å².